The summed E-state index contributed by atoms with van der Waals surface area (Å²) >= 11 is 0. The van der Waals surface area contributed by atoms with E-state index in [9.17, 15) is 9.59 Å². The van der Waals surface area contributed by atoms with Gasteiger partial charge >= 0.3 is 0 Å². The summed E-state index contributed by atoms with van der Waals surface area (Å²) in [6.07, 6.45) is 2.16. The predicted molar refractivity (Wildman–Crippen MR) is 106 cm³/mol. The lowest BCUT2D eigenvalue weighted by Gasteiger charge is -2.33. The third-order valence-corrected chi connectivity index (χ3v) is 5.33. The van der Waals surface area contributed by atoms with Crippen LogP contribution in [0.3, 0.4) is 0 Å². The summed E-state index contributed by atoms with van der Waals surface area (Å²) < 4.78 is 10.6. The van der Waals surface area contributed by atoms with Crippen LogP contribution < -0.4 is 19.7 Å². The second-order valence-corrected chi connectivity index (χ2v) is 6.91. The summed E-state index contributed by atoms with van der Waals surface area (Å²) in [5, 5.41) is 3.31. The van der Waals surface area contributed by atoms with Crippen LogP contribution in [0.25, 0.3) is 0 Å². The SMILES string of the molecule is COc1cc(OC)cc(N2CC(C(=O)N(C)C3CCNCC3)CC2=O)c1.Cl. The van der Waals surface area contributed by atoms with Crippen LogP contribution in [-0.2, 0) is 9.59 Å². The normalized spacial score (nSPS) is 20.2. The van der Waals surface area contributed by atoms with Crippen LogP contribution in [0.4, 0.5) is 5.69 Å². The van der Waals surface area contributed by atoms with Crippen molar-refractivity contribution in [1.29, 1.82) is 0 Å². The molecule has 0 spiro atoms. The number of carbonyl (C=O) groups is 2. The molecule has 1 unspecified atom stereocenters. The maximum Gasteiger partial charge on any atom is 0.228 e. The summed E-state index contributed by atoms with van der Waals surface area (Å²) in [4.78, 5) is 28.9. The van der Waals surface area contributed by atoms with Crippen molar-refractivity contribution >= 4 is 29.9 Å². The van der Waals surface area contributed by atoms with Crippen molar-refractivity contribution in [2.75, 3.05) is 45.8 Å². The molecule has 150 valence electrons. The van der Waals surface area contributed by atoms with Gasteiger partial charge in [-0.15, -0.1) is 12.4 Å². The van der Waals surface area contributed by atoms with Crippen molar-refractivity contribution in [2.45, 2.75) is 25.3 Å². The summed E-state index contributed by atoms with van der Waals surface area (Å²) in [6.45, 7) is 2.26. The number of anilines is 1. The highest BCUT2D eigenvalue weighted by atomic mass is 35.5. The van der Waals surface area contributed by atoms with Crippen LogP contribution in [-0.4, -0.2) is 63.7 Å². The third-order valence-electron chi connectivity index (χ3n) is 5.33. The van der Waals surface area contributed by atoms with Crippen molar-refractivity contribution in [3.63, 3.8) is 0 Å². The van der Waals surface area contributed by atoms with Gasteiger partial charge in [0, 0.05) is 44.3 Å². The van der Waals surface area contributed by atoms with Gasteiger partial charge in [-0.25, -0.2) is 0 Å². The zero-order valence-corrected chi connectivity index (χ0v) is 16.9. The van der Waals surface area contributed by atoms with Gasteiger partial charge in [0.25, 0.3) is 0 Å². The Balaban J connectivity index is 0.00000261. The average Bonchev–Trinajstić information content (AvgIpc) is 3.08. The molecule has 2 amide bonds. The molecule has 27 heavy (non-hydrogen) atoms. The smallest absolute Gasteiger partial charge is 0.228 e. The van der Waals surface area contributed by atoms with Crippen molar-refractivity contribution < 1.29 is 19.1 Å². The van der Waals surface area contributed by atoms with Gasteiger partial charge < -0.3 is 24.6 Å². The number of hydrogen-bond acceptors (Lipinski definition) is 5. The maximum absolute atomic E-state index is 12.9. The van der Waals surface area contributed by atoms with Crippen molar-refractivity contribution in [3.05, 3.63) is 18.2 Å². The van der Waals surface area contributed by atoms with Crippen LogP contribution in [0, 0.1) is 5.92 Å². The lowest BCUT2D eigenvalue weighted by Crippen LogP contribution is -2.46. The number of piperidine rings is 1. The summed E-state index contributed by atoms with van der Waals surface area (Å²) in [5.74, 6) is 0.946. The zero-order valence-electron chi connectivity index (χ0n) is 16.1. The van der Waals surface area contributed by atoms with E-state index in [0.717, 1.165) is 25.9 Å². The average molecular weight is 398 g/mol. The standard InChI is InChI=1S/C19H27N3O4.ClH/c1-21(14-4-6-20-7-5-14)19(24)13-8-18(23)22(12-13)15-9-16(25-2)11-17(10-15)26-3;/h9-11,13-14,20H,4-8,12H2,1-3H3;1H. The highest BCUT2D eigenvalue weighted by Crippen LogP contribution is 2.33. The van der Waals surface area contributed by atoms with E-state index in [-0.39, 0.29) is 42.6 Å². The minimum atomic E-state index is -0.306. The first-order chi connectivity index (χ1) is 12.5. The molecule has 0 radical (unpaired) electrons. The summed E-state index contributed by atoms with van der Waals surface area (Å²) in [5.41, 5.74) is 0.700. The first-order valence-corrected chi connectivity index (χ1v) is 9.04. The molecule has 2 aliphatic rings. The number of nitrogens with zero attached hydrogens (tertiary/aromatic N) is 2. The van der Waals surface area contributed by atoms with Crippen molar-refractivity contribution in [2.24, 2.45) is 5.92 Å². The molecule has 2 fully saturated rings. The fraction of sp³-hybridized carbons (Fsp3) is 0.579. The van der Waals surface area contributed by atoms with Gasteiger partial charge in [-0.2, -0.15) is 0 Å². The van der Waals surface area contributed by atoms with E-state index in [1.54, 1.807) is 37.3 Å². The van der Waals surface area contributed by atoms with E-state index in [0.29, 0.717) is 23.7 Å². The monoisotopic (exact) mass is 397 g/mol. The minimum Gasteiger partial charge on any atom is -0.497 e. The number of carbonyl (C=O) groups excluding carboxylic acids is 2. The van der Waals surface area contributed by atoms with Gasteiger partial charge in [-0.1, -0.05) is 0 Å². The van der Waals surface area contributed by atoms with Crippen LogP contribution in [0.5, 0.6) is 11.5 Å². The number of halogens is 1. The molecule has 3 rings (SSSR count). The van der Waals surface area contributed by atoms with Gasteiger partial charge in [0.15, 0.2) is 0 Å². The molecule has 7 nitrogen and oxygen atoms in total. The second-order valence-electron chi connectivity index (χ2n) is 6.91. The number of rotatable bonds is 5. The Labute approximate surface area is 166 Å². The number of benzene rings is 1. The minimum absolute atomic E-state index is 0. The molecule has 2 heterocycles. The third kappa shape index (κ3) is 4.65. The lowest BCUT2D eigenvalue weighted by atomic mass is 10.0. The van der Waals surface area contributed by atoms with Crippen LogP contribution in [0.15, 0.2) is 18.2 Å². The quantitative estimate of drug-likeness (QED) is 0.818. The highest BCUT2D eigenvalue weighted by molar-refractivity contribution is 6.00. The molecule has 1 aromatic carbocycles. The molecule has 1 aromatic rings. The van der Waals surface area contributed by atoms with Crippen molar-refractivity contribution in [3.8, 4) is 11.5 Å². The van der Waals surface area contributed by atoms with E-state index in [1.165, 1.54) is 0 Å². The molecule has 2 aliphatic heterocycles. The van der Waals surface area contributed by atoms with E-state index < -0.39 is 0 Å². The number of ether oxygens (including phenoxy) is 2. The molecule has 0 aromatic heterocycles. The van der Waals surface area contributed by atoms with Crippen molar-refractivity contribution in [1.82, 2.24) is 10.2 Å². The Morgan fingerprint density at radius 2 is 1.74 bits per heavy atom. The lowest BCUT2D eigenvalue weighted by molar-refractivity contribution is -0.137. The van der Waals surface area contributed by atoms with E-state index >= 15 is 0 Å². The molecular weight excluding hydrogens is 370 g/mol. The number of nitrogens with one attached hydrogen (secondary N) is 1. The fourth-order valence-electron chi connectivity index (χ4n) is 3.73. The predicted octanol–water partition coefficient (Wildman–Crippen LogP) is 1.69. The van der Waals surface area contributed by atoms with E-state index in [4.69, 9.17) is 9.47 Å². The Bertz CT molecular complexity index is 657. The maximum atomic E-state index is 12.9. The number of hydrogen-bond donors (Lipinski definition) is 1. The molecule has 0 bridgehead atoms. The fourth-order valence-corrected chi connectivity index (χ4v) is 3.73. The second kappa shape index (κ2) is 9.28. The Kier molecular flexibility index (Phi) is 7.33. The van der Waals surface area contributed by atoms with Gasteiger partial charge in [0.1, 0.15) is 11.5 Å². The van der Waals surface area contributed by atoms with E-state index in [1.807, 2.05) is 11.9 Å². The first kappa shape index (κ1) is 21.3. The molecule has 1 N–H and O–H groups in total. The molecule has 2 saturated heterocycles. The summed E-state index contributed by atoms with van der Waals surface area (Å²) in [7, 11) is 5.01. The van der Waals surface area contributed by atoms with Gasteiger partial charge in [0.05, 0.1) is 25.8 Å². The first-order valence-electron chi connectivity index (χ1n) is 9.04. The van der Waals surface area contributed by atoms with Gasteiger partial charge in [-0.3, -0.25) is 9.59 Å². The highest BCUT2D eigenvalue weighted by Gasteiger charge is 2.38. The Morgan fingerprint density at radius 3 is 2.30 bits per heavy atom. The van der Waals surface area contributed by atoms with Crippen LogP contribution >= 0.6 is 12.4 Å². The van der Waals surface area contributed by atoms with E-state index in [2.05, 4.69) is 5.32 Å². The van der Waals surface area contributed by atoms with Crippen LogP contribution in [0.1, 0.15) is 19.3 Å². The largest absolute Gasteiger partial charge is 0.497 e. The Morgan fingerprint density at radius 1 is 1.15 bits per heavy atom. The number of methoxy groups -OCH3 is 2. The number of amides is 2. The molecular formula is C19H28ClN3O4. The Hall–Kier alpha value is -1.99. The zero-order chi connectivity index (χ0) is 18.7. The van der Waals surface area contributed by atoms with Crippen LogP contribution in [0.2, 0.25) is 0 Å². The van der Waals surface area contributed by atoms with Gasteiger partial charge in [-0.05, 0) is 25.9 Å². The topological polar surface area (TPSA) is 71.1 Å². The molecule has 0 aliphatic carbocycles. The molecule has 1 atom stereocenters. The van der Waals surface area contributed by atoms with Gasteiger partial charge in [0.2, 0.25) is 11.8 Å². The molecule has 8 heteroatoms. The summed E-state index contributed by atoms with van der Waals surface area (Å²) in [6, 6.07) is 5.61. The molecule has 0 saturated carbocycles.